The molecule has 0 radical (unpaired) electrons. The lowest BCUT2D eigenvalue weighted by molar-refractivity contribution is 0.0599. The number of rotatable bonds is 1. The zero-order valence-corrected chi connectivity index (χ0v) is 10.3. The second-order valence-electron chi connectivity index (χ2n) is 3.74. The van der Waals surface area contributed by atoms with Gasteiger partial charge in [0.05, 0.1) is 24.2 Å². The molecule has 0 amide bonds. The molecule has 17 heavy (non-hydrogen) atoms. The average Bonchev–Trinajstić information content (AvgIpc) is 2.33. The molecule has 1 aliphatic rings. The number of hydrogen-bond acceptors (Lipinski definition) is 5. The van der Waals surface area contributed by atoms with E-state index in [9.17, 15) is 13.2 Å². The van der Waals surface area contributed by atoms with Gasteiger partial charge in [0.25, 0.3) is 0 Å². The second-order valence-corrected chi connectivity index (χ2v) is 5.93. The summed E-state index contributed by atoms with van der Waals surface area (Å²) in [7, 11) is -2.26. The van der Waals surface area contributed by atoms with Crippen molar-refractivity contribution in [2.45, 2.75) is 23.9 Å². The maximum Gasteiger partial charge on any atom is 0.337 e. The molecule has 6 heteroatoms. The van der Waals surface area contributed by atoms with Crippen LogP contribution in [0.1, 0.15) is 22.8 Å². The van der Waals surface area contributed by atoms with Crippen molar-refractivity contribution in [1.29, 1.82) is 0 Å². The molecule has 1 heterocycles. The van der Waals surface area contributed by atoms with Crippen LogP contribution in [0.25, 0.3) is 0 Å². The van der Waals surface area contributed by atoms with Gasteiger partial charge in [-0.3, -0.25) is 0 Å². The molecule has 0 aliphatic carbocycles. The first-order valence-electron chi connectivity index (χ1n) is 5.03. The fourth-order valence-corrected chi connectivity index (χ4v) is 3.05. The summed E-state index contributed by atoms with van der Waals surface area (Å²) in [5.74, 6) is -0.554. The lowest BCUT2D eigenvalue weighted by atomic mass is 10.1. The molecular weight excluding hydrogens is 244 g/mol. The van der Waals surface area contributed by atoms with Crippen molar-refractivity contribution in [2.75, 3.05) is 7.11 Å². The first kappa shape index (κ1) is 12.1. The smallest absolute Gasteiger partial charge is 0.337 e. The number of carbonyl (C=O) groups is 1. The van der Waals surface area contributed by atoms with Crippen LogP contribution in [0.4, 0.5) is 0 Å². The van der Waals surface area contributed by atoms with Gasteiger partial charge in [0.2, 0.25) is 9.84 Å². The van der Waals surface area contributed by atoms with Gasteiger partial charge in [-0.15, -0.1) is 0 Å². The summed E-state index contributed by atoms with van der Waals surface area (Å²) in [6.07, 6.45) is 0. The van der Waals surface area contributed by atoms with Gasteiger partial charge in [-0.05, 0) is 24.6 Å². The fraction of sp³-hybridized carbons (Fsp3) is 0.364. The minimum atomic E-state index is -3.52. The Morgan fingerprint density at radius 1 is 1.47 bits per heavy atom. The molecule has 0 saturated heterocycles. The van der Waals surface area contributed by atoms with Crippen LogP contribution in [-0.2, 0) is 25.9 Å². The van der Waals surface area contributed by atoms with Crippen molar-refractivity contribution < 1.29 is 22.7 Å². The Kier molecular flexibility index (Phi) is 2.92. The summed E-state index contributed by atoms with van der Waals surface area (Å²) in [4.78, 5) is 11.5. The van der Waals surface area contributed by atoms with Crippen molar-refractivity contribution in [3.8, 4) is 0 Å². The van der Waals surface area contributed by atoms with E-state index in [-0.39, 0.29) is 17.1 Å². The lowest BCUT2D eigenvalue weighted by Gasteiger charge is -2.22. The largest absolute Gasteiger partial charge is 0.465 e. The first-order valence-corrected chi connectivity index (χ1v) is 6.58. The van der Waals surface area contributed by atoms with Gasteiger partial charge in [0.1, 0.15) is 0 Å². The molecule has 0 fully saturated rings. The maximum absolute atomic E-state index is 12.0. The molecule has 0 N–H and O–H groups in total. The molecule has 0 bridgehead atoms. The van der Waals surface area contributed by atoms with Crippen molar-refractivity contribution in [3.05, 3.63) is 29.3 Å². The number of sulfone groups is 1. The van der Waals surface area contributed by atoms with Crippen LogP contribution >= 0.6 is 0 Å². The van der Waals surface area contributed by atoms with Crippen LogP contribution in [0.3, 0.4) is 0 Å². The Labute approximate surface area is 99.3 Å². The molecule has 5 nitrogen and oxygen atoms in total. The van der Waals surface area contributed by atoms with Crippen molar-refractivity contribution in [3.63, 3.8) is 0 Å². The Balaban J connectivity index is 2.58. The minimum Gasteiger partial charge on any atom is -0.465 e. The predicted octanol–water partition coefficient (Wildman–Crippen LogP) is 1.12. The second kappa shape index (κ2) is 4.12. The van der Waals surface area contributed by atoms with E-state index in [2.05, 4.69) is 4.74 Å². The van der Waals surface area contributed by atoms with Gasteiger partial charge in [-0.1, -0.05) is 6.07 Å². The standard InChI is InChI=1S/C11H12O5S/c1-7-16-6-9-4-3-8(11(12)15-2)5-10(9)17(7,13)14/h3-5,7H,6H2,1-2H3. The molecule has 0 aromatic heterocycles. The Morgan fingerprint density at radius 3 is 2.82 bits per heavy atom. The van der Waals surface area contributed by atoms with Gasteiger partial charge in [0.15, 0.2) is 5.44 Å². The number of esters is 1. The highest BCUT2D eigenvalue weighted by Crippen LogP contribution is 2.28. The van der Waals surface area contributed by atoms with Crippen LogP contribution < -0.4 is 0 Å². The van der Waals surface area contributed by atoms with Crippen molar-refractivity contribution >= 4 is 15.8 Å². The molecule has 1 unspecified atom stereocenters. The van der Waals surface area contributed by atoms with Crippen LogP contribution in [0.15, 0.2) is 23.1 Å². The number of benzene rings is 1. The number of methoxy groups -OCH3 is 1. The van der Waals surface area contributed by atoms with Gasteiger partial charge in [-0.2, -0.15) is 0 Å². The first-order chi connectivity index (χ1) is 7.96. The summed E-state index contributed by atoms with van der Waals surface area (Å²) >= 11 is 0. The molecule has 1 aromatic rings. The highest BCUT2D eigenvalue weighted by Gasteiger charge is 2.32. The Bertz CT molecular complexity index is 561. The van der Waals surface area contributed by atoms with E-state index < -0.39 is 21.2 Å². The fourth-order valence-electron chi connectivity index (χ4n) is 1.66. The SMILES string of the molecule is COC(=O)c1ccc2c(c1)S(=O)(=O)C(C)OC2. The van der Waals surface area contributed by atoms with Crippen LogP contribution in [0.5, 0.6) is 0 Å². The third-order valence-electron chi connectivity index (χ3n) is 2.71. The average molecular weight is 256 g/mol. The molecular formula is C11H12O5S. The summed E-state index contributed by atoms with van der Waals surface area (Å²) in [5, 5.41) is 0. The van der Waals surface area contributed by atoms with Gasteiger partial charge in [0, 0.05) is 0 Å². The van der Waals surface area contributed by atoms with E-state index in [1.165, 1.54) is 26.2 Å². The number of hydrogen-bond donors (Lipinski definition) is 0. The lowest BCUT2D eigenvalue weighted by Crippen LogP contribution is -2.27. The monoisotopic (exact) mass is 256 g/mol. The number of carbonyl (C=O) groups excluding carboxylic acids is 1. The van der Waals surface area contributed by atoms with Crippen molar-refractivity contribution in [1.82, 2.24) is 0 Å². The number of fused-ring (bicyclic) bond motifs is 1. The van der Waals surface area contributed by atoms with E-state index in [1.807, 2.05) is 0 Å². The van der Waals surface area contributed by atoms with E-state index in [1.54, 1.807) is 6.07 Å². The third-order valence-corrected chi connectivity index (χ3v) is 4.71. The molecule has 92 valence electrons. The molecule has 1 aliphatic heterocycles. The van der Waals surface area contributed by atoms with E-state index in [0.29, 0.717) is 5.56 Å². The van der Waals surface area contributed by atoms with Gasteiger partial charge < -0.3 is 9.47 Å². The van der Waals surface area contributed by atoms with E-state index in [4.69, 9.17) is 4.74 Å². The minimum absolute atomic E-state index is 0.152. The Hall–Kier alpha value is -1.40. The van der Waals surface area contributed by atoms with Gasteiger partial charge in [-0.25, -0.2) is 13.2 Å². The van der Waals surface area contributed by atoms with E-state index >= 15 is 0 Å². The topological polar surface area (TPSA) is 69.7 Å². The van der Waals surface area contributed by atoms with Crippen LogP contribution in [0.2, 0.25) is 0 Å². The van der Waals surface area contributed by atoms with Crippen molar-refractivity contribution in [2.24, 2.45) is 0 Å². The quantitative estimate of drug-likeness (QED) is 0.704. The highest BCUT2D eigenvalue weighted by molar-refractivity contribution is 7.92. The maximum atomic E-state index is 12.0. The molecule has 1 atom stereocenters. The zero-order valence-electron chi connectivity index (χ0n) is 9.47. The van der Waals surface area contributed by atoms with E-state index in [0.717, 1.165) is 0 Å². The molecule has 1 aromatic carbocycles. The predicted molar refractivity (Wildman–Crippen MR) is 59.2 cm³/mol. The van der Waals surface area contributed by atoms with Crippen LogP contribution in [-0.4, -0.2) is 26.9 Å². The normalized spacial score (nSPS) is 21.6. The summed E-state index contributed by atoms with van der Waals surface area (Å²) in [5.41, 5.74) is -0.0948. The Morgan fingerprint density at radius 2 is 2.18 bits per heavy atom. The molecule has 2 rings (SSSR count). The van der Waals surface area contributed by atoms with Gasteiger partial charge >= 0.3 is 5.97 Å². The summed E-state index contributed by atoms with van der Waals surface area (Å²) < 4.78 is 33.7. The molecule has 0 spiro atoms. The highest BCUT2D eigenvalue weighted by atomic mass is 32.2. The summed E-state index contributed by atoms with van der Waals surface area (Å²) in [6.45, 7) is 1.71. The molecule has 0 saturated carbocycles. The van der Waals surface area contributed by atoms with Crippen LogP contribution in [0, 0.1) is 0 Å². The number of ether oxygens (including phenoxy) is 2. The summed E-state index contributed by atoms with van der Waals surface area (Å²) in [6, 6.07) is 4.44. The third kappa shape index (κ3) is 1.94. The zero-order chi connectivity index (χ0) is 12.6.